The van der Waals surface area contributed by atoms with Gasteiger partial charge in [0.2, 0.25) is 5.91 Å². The third-order valence-corrected chi connectivity index (χ3v) is 4.44. The van der Waals surface area contributed by atoms with E-state index in [1.807, 2.05) is 18.2 Å². The summed E-state index contributed by atoms with van der Waals surface area (Å²) in [5.74, 6) is -0.523. The van der Waals surface area contributed by atoms with Crippen LogP contribution in [0.3, 0.4) is 0 Å². The Balaban J connectivity index is 1.41. The number of rotatable bonds is 5. The summed E-state index contributed by atoms with van der Waals surface area (Å²) in [7, 11) is 0. The van der Waals surface area contributed by atoms with Crippen molar-refractivity contribution in [2.24, 2.45) is 0 Å². The van der Waals surface area contributed by atoms with Gasteiger partial charge >= 0.3 is 6.03 Å². The number of nitrogens with zero attached hydrogens (tertiary/aromatic N) is 2. The summed E-state index contributed by atoms with van der Waals surface area (Å²) in [4.78, 5) is 38.9. The van der Waals surface area contributed by atoms with E-state index >= 15 is 0 Å². The molecule has 7 heteroatoms. The third-order valence-electron chi connectivity index (χ3n) is 4.44. The lowest BCUT2D eigenvalue weighted by atomic mass is 10.1. The van der Waals surface area contributed by atoms with E-state index in [2.05, 4.69) is 39.8 Å². The van der Waals surface area contributed by atoms with Gasteiger partial charge in [0.15, 0.2) is 0 Å². The van der Waals surface area contributed by atoms with E-state index in [-0.39, 0.29) is 12.3 Å². The fourth-order valence-electron chi connectivity index (χ4n) is 2.99. The van der Waals surface area contributed by atoms with Gasteiger partial charge in [0, 0.05) is 32.7 Å². The minimum atomic E-state index is -0.744. The smallest absolute Gasteiger partial charge is 0.322 e. The van der Waals surface area contributed by atoms with E-state index in [1.54, 1.807) is 4.90 Å². The molecule has 2 N–H and O–H groups in total. The second-order valence-electron chi connectivity index (χ2n) is 6.21. The summed E-state index contributed by atoms with van der Waals surface area (Å²) in [6.45, 7) is 3.72. The Morgan fingerprint density at radius 2 is 1.84 bits per heavy atom. The molecular weight excluding hydrogens is 320 g/mol. The number of imide groups is 1. The fourth-order valence-corrected chi connectivity index (χ4v) is 2.99. The van der Waals surface area contributed by atoms with Crippen LogP contribution in [0.5, 0.6) is 0 Å². The number of amides is 4. The predicted molar refractivity (Wildman–Crippen MR) is 93.6 cm³/mol. The standard InChI is InChI=1S/C18H22N4O3/c23-16(13-15-17(24)20-18(25)19-15)22-11-9-21(10-12-22)8-4-7-14-5-2-1-3-6-14/h1-7,15H,8-13H2,(H2,19,20,24,25)/b7-4-/t15-/m0/s1. The van der Waals surface area contributed by atoms with Crippen LogP contribution < -0.4 is 10.6 Å². The predicted octanol–water partition coefficient (Wildman–Crippen LogP) is 0.442. The molecule has 0 bridgehead atoms. The molecule has 7 nitrogen and oxygen atoms in total. The van der Waals surface area contributed by atoms with Gasteiger partial charge in [-0.2, -0.15) is 0 Å². The molecule has 132 valence electrons. The molecule has 0 aromatic heterocycles. The summed E-state index contributed by atoms with van der Waals surface area (Å²) in [5, 5.41) is 4.60. The second-order valence-corrected chi connectivity index (χ2v) is 6.21. The number of benzene rings is 1. The normalized spacial score (nSPS) is 21.4. The molecule has 0 unspecified atom stereocenters. The van der Waals surface area contributed by atoms with Crippen molar-refractivity contribution in [2.75, 3.05) is 32.7 Å². The first-order chi connectivity index (χ1) is 12.1. The van der Waals surface area contributed by atoms with Crippen LogP contribution in [0.15, 0.2) is 36.4 Å². The highest BCUT2D eigenvalue weighted by Crippen LogP contribution is 2.08. The van der Waals surface area contributed by atoms with E-state index in [1.165, 1.54) is 5.56 Å². The van der Waals surface area contributed by atoms with Gasteiger partial charge in [-0.05, 0) is 5.56 Å². The molecule has 3 rings (SSSR count). The van der Waals surface area contributed by atoms with E-state index < -0.39 is 18.0 Å². The Labute approximate surface area is 146 Å². The first kappa shape index (κ1) is 17.2. The minimum Gasteiger partial charge on any atom is -0.340 e. The lowest BCUT2D eigenvalue weighted by molar-refractivity contribution is -0.135. The first-order valence-electron chi connectivity index (χ1n) is 8.45. The maximum absolute atomic E-state index is 12.3. The number of urea groups is 1. The van der Waals surface area contributed by atoms with E-state index in [9.17, 15) is 14.4 Å². The Kier molecular flexibility index (Phi) is 5.45. The molecule has 0 radical (unpaired) electrons. The topological polar surface area (TPSA) is 81.8 Å². The molecule has 2 heterocycles. The Bertz CT molecular complexity index is 666. The monoisotopic (exact) mass is 342 g/mol. The van der Waals surface area contributed by atoms with Gasteiger partial charge in [0.1, 0.15) is 6.04 Å². The van der Waals surface area contributed by atoms with Crippen molar-refractivity contribution in [2.45, 2.75) is 12.5 Å². The van der Waals surface area contributed by atoms with E-state index in [0.29, 0.717) is 13.1 Å². The van der Waals surface area contributed by atoms with Crippen molar-refractivity contribution in [1.82, 2.24) is 20.4 Å². The number of nitrogens with one attached hydrogen (secondary N) is 2. The average molecular weight is 342 g/mol. The van der Waals surface area contributed by atoms with Crippen LogP contribution in [0.25, 0.3) is 6.08 Å². The summed E-state index contributed by atoms with van der Waals surface area (Å²) in [6, 6.07) is 8.86. The number of hydrogen-bond acceptors (Lipinski definition) is 4. The van der Waals surface area contributed by atoms with Crippen LogP contribution in [0.4, 0.5) is 4.79 Å². The highest BCUT2D eigenvalue weighted by Gasteiger charge is 2.33. The summed E-state index contributed by atoms with van der Waals surface area (Å²) in [5.41, 5.74) is 1.17. The fraction of sp³-hybridized carbons (Fsp3) is 0.389. The largest absolute Gasteiger partial charge is 0.340 e. The van der Waals surface area contributed by atoms with Gasteiger partial charge in [-0.15, -0.1) is 0 Å². The molecule has 4 amide bonds. The third kappa shape index (κ3) is 4.67. The second kappa shape index (κ2) is 7.94. The van der Waals surface area contributed by atoms with Gasteiger partial charge < -0.3 is 10.2 Å². The van der Waals surface area contributed by atoms with Crippen LogP contribution in [0.2, 0.25) is 0 Å². The average Bonchev–Trinajstić information content (AvgIpc) is 2.93. The van der Waals surface area contributed by atoms with Crippen molar-refractivity contribution in [3.63, 3.8) is 0 Å². The number of carbonyl (C=O) groups excluding carboxylic acids is 3. The molecule has 0 saturated carbocycles. The highest BCUT2D eigenvalue weighted by atomic mass is 16.2. The van der Waals surface area contributed by atoms with Gasteiger partial charge in [-0.3, -0.25) is 19.8 Å². The lowest BCUT2D eigenvalue weighted by Crippen LogP contribution is -2.50. The maximum Gasteiger partial charge on any atom is 0.322 e. The maximum atomic E-state index is 12.3. The van der Waals surface area contributed by atoms with Crippen molar-refractivity contribution >= 4 is 23.9 Å². The SMILES string of the molecule is O=C1NC(=O)[C@H](CC(=O)N2CCN(C/C=C\c3ccccc3)CC2)N1. The van der Waals surface area contributed by atoms with Crippen LogP contribution in [-0.4, -0.2) is 66.4 Å². The van der Waals surface area contributed by atoms with E-state index in [0.717, 1.165) is 19.6 Å². The molecular formula is C18H22N4O3. The molecule has 1 atom stereocenters. The zero-order valence-electron chi connectivity index (χ0n) is 14.0. The van der Waals surface area contributed by atoms with Crippen molar-refractivity contribution < 1.29 is 14.4 Å². The minimum absolute atomic E-state index is 0.0193. The molecule has 25 heavy (non-hydrogen) atoms. The van der Waals surface area contributed by atoms with Crippen molar-refractivity contribution in [1.29, 1.82) is 0 Å². The summed E-state index contributed by atoms with van der Waals surface area (Å²) in [6.07, 6.45) is 4.25. The molecule has 0 aliphatic carbocycles. The highest BCUT2D eigenvalue weighted by molar-refractivity contribution is 6.05. The number of carbonyl (C=O) groups is 3. The Hall–Kier alpha value is -2.67. The van der Waals surface area contributed by atoms with Gasteiger partial charge in [0.05, 0.1) is 6.42 Å². The van der Waals surface area contributed by atoms with Crippen molar-refractivity contribution in [3.05, 3.63) is 42.0 Å². The van der Waals surface area contributed by atoms with Crippen LogP contribution in [-0.2, 0) is 9.59 Å². The van der Waals surface area contributed by atoms with Crippen molar-refractivity contribution in [3.8, 4) is 0 Å². The zero-order chi connectivity index (χ0) is 17.6. The summed E-state index contributed by atoms with van der Waals surface area (Å²) >= 11 is 0. The van der Waals surface area contributed by atoms with Gasteiger partial charge in [0.25, 0.3) is 5.91 Å². The van der Waals surface area contributed by atoms with Crippen LogP contribution in [0.1, 0.15) is 12.0 Å². The molecule has 0 spiro atoms. The molecule has 1 aromatic carbocycles. The molecule has 2 aliphatic heterocycles. The van der Waals surface area contributed by atoms with Crippen LogP contribution >= 0.6 is 0 Å². The van der Waals surface area contributed by atoms with Crippen LogP contribution in [0, 0.1) is 0 Å². The Morgan fingerprint density at radius 3 is 2.48 bits per heavy atom. The van der Waals surface area contributed by atoms with Gasteiger partial charge in [-0.25, -0.2) is 4.79 Å². The number of piperazine rings is 1. The molecule has 2 saturated heterocycles. The van der Waals surface area contributed by atoms with Gasteiger partial charge in [-0.1, -0.05) is 42.5 Å². The zero-order valence-corrected chi connectivity index (χ0v) is 14.0. The number of hydrogen-bond donors (Lipinski definition) is 2. The van der Waals surface area contributed by atoms with E-state index in [4.69, 9.17) is 0 Å². The quantitative estimate of drug-likeness (QED) is 0.761. The Morgan fingerprint density at radius 1 is 1.12 bits per heavy atom. The molecule has 1 aromatic rings. The molecule has 2 aliphatic rings. The lowest BCUT2D eigenvalue weighted by Gasteiger charge is -2.34. The first-order valence-corrected chi connectivity index (χ1v) is 8.45. The molecule has 2 fully saturated rings. The summed E-state index contributed by atoms with van der Waals surface area (Å²) < 4.78 is 0.